The molecule has 7 heteroatoms. The van der Waals surface area contributed by atoms with Gasteiger partial charge in [0.05, 0.1) is 11.4 Å². The highest BCUT2D eigenvalue weighted by molar-refractivity contribution is 7.98. The van der Waals surface area contributed by atoms with Crippen molar-refractivity contribution in [1.29, 1.82) is 0 Å². The third kappa shape index (κ3) is 3.82. The van der Waals surface area contributed by atoms with Gasteiger partial charge in [0.25, 0.3) is 5.91 Å². The zero-order valence-corrected chi connectivity index (χ0v) is 16.3. The molecule has 1 atom stereocenters. The van der Waals surface area contributed by atoms with Crippen LogP contribution in [0.1, 0.15) is 18.2 Å². The van der Waals surface area contributed by atoms with Gasteiger partial charge < -0.3 is 10.1 Å². The van der Waals surface area contributed by atoms with Crippen LogP contribution in [0, 0.1) is 0 Å². The summed E-state index contributed by atoms with van der Waals surface area (Å²) in [5, 5.41) is 8.36. The van der Waals surface area contributed by atoms with Crippen molar-refractivity contribution >= 4 is 35.1 Å². The van der Waals surface area contributed by atoms with Crippen LogP contribution < -0.4 is 10.1 Å². The van der Waals surface area contributed by atoms with E-state index < -0.39 is 6.10 Å². The Labute approximate surface area is 166 Å². The first-order chi connectivity index (χ1) is 13.1. The van der Waals surface area contributed by atoms with Gasteiger partial charge in [-0.2, -0.15) is 16.9 Å². The van der Waals surface area contributed by atoms with Gasteiger partial charge >= 0.3 is 0 Å². The van der Waals surface area contributed by atoms with E-state index in [0.717, 1.165) is 28.5 Å². The fourth-order valence-electron chi connectivity index (χ4n) is 2.89. The van der Waals surface area contributed by atoms with E-state index in [1.807, 2.05) is 54.6 Å². The topological polar surface area (TPSA) is 56.1 Å². The average Bonchev–Trinajstić information content (AvgIpc) is 3.26. The van der Waals surface area contributed by atoms with Crippen molar-refractivity contribution < 1.29 is 9.53 Å². The number of halogens is 1. The van der Waals surface area contributed by atoms with Gasteiger partial charge in [0.1, 0.15) is 11.6 Å². The first kappa shape index (κ1) is 17.9. The van der Waals surface area contributed by atoms with Gasteiger partial charge in [0.15, 0.2) is 6.10 Å². The van der Waals surface area contributed by atoms with Gasteiger partial charge in [-0.1, -0.05) is 29.8 Å². The molecule has 1 aliphatic heterocycles. The van der Waals surface area contributed by atoms with Crippen molar-refractivity contribution in [1.82, 2.24) is 9.78 Å². The summed E-state index contributed by atoms with van der Waals surface area (Å²) in [6.45, 7) is 1.74. The number of amides is 1. The van der Waals surface area contributed by atoms with Crippen LogP contribution in [0.4, 0.5) is 5.82 Å². The number of ether oxygens (including phenoxy) is 1. The summed E-state index contributed by atoms with van der Waals surface area (Å²) in [6, 6.07) is 16.7. The highest BCUT2D eigenvalue weighted by Gasteiger charge is 2.26. The predicted molar refractivity (Wildman–Crippen MR) is 109 cm³/mol. The molecule has 0 saturated carbocycles. The summed E-state index contributed by atoms with van der Waals surface area (Å²) in [5.74, 6) is 2.81. The summed E-state index contributed by atoms with van der Waals surface area (Å²) in [7, 11) is 0. The molecular weight excluding hydrogens is 382 g/mol. The maximum absolute atomic E-state index is 12.7. The Morgan fingerprint density at radius 2 is 1.93 bits per heavy atom. The van der Waals surface area contributed by atoms with E-state index in [-0.39, 0.29) is 5.91 Å². The molecule has 3 aromatic rings. The van der Waals surface area contributed by atoms with E-state index in [4.69, 9.17) is 16.3 Å². The molecule has 0 radical (unpaired) electrons. The lowest BCUT2D eigenvalue weighted by Crippen LogP contribution is -2.31. The van der Waals surface area contributed by atoms with Crippen molar-refractivity contribution in [3.8, 4) is 11.4 Å². The normalized spacial score (nSPS) is 13.9. The van der Waals surface area contributed by atoms with Crippen LogP contribution in [0.2, 0.25) is 5.02 Å². The highest BCUT2D eigenvalue weighted by atomic mass is 35.5. The zero-order valence-electron chi connectivity index (χ0n) is 14.7. The SMILES string of the molecule is C[C@@H](Oc1ccccc1)C(=O)Nc1c2c(nn1-c1ccc(Cl)cc1)CSC2. The fraction of sp³-hybridized carbons (Fsp3) is 0.200. The van der Waals surface area contributed by atoms with E-state index >= 15 is 0 Å². The second-order valence-electron chi connectivity index (χ2n) is 6.22. The number of nitrogens with zero attached hydrogens (tertiary/aromatic N) is 2. The summed E-state index contributed by atoms with van der Waals surface area (Å²) in [5.41, 5.74) is 2.92. The Bertz CT molecular complexity index is 957. The Morgan fingerprint density at radius 3 is 2.67 bits per heavy atom. The van der Waals surface area contributed by atoms with Crippen molar-refractivity contribution in [2.75, 3.05) is 5.32 Å². The van der Waals surface area contributed by atoms with E-state index in [2.05, 4.69) is 10.4 Å². The Hall–Kier alpha value is -2.44. The van der Waals surface area contributed by atoms with Crippen LogP contribution in [0.15, 0.2) is 54.6 Å². The number of hydrogen-bond acceptors (Lipinski definition) is 4. The van der Waals surface area contributed by atoms with Crippen molar-refractivity contribution in [2.45, 2.75) is 24.5 Å². The largest absolute Gasteiger partial charge is 0.481 e. The quantitative estimate of drug-likeness (QED) is 0.676. The Morgan fingerprint density at radius 1 is 1.19 bits per heavy atom. The van der Waals surface area contributed by atoms with Crippen LogP contribution in [-0.4, -0.2) is 21.8 Å². The molecule has 0 aliphatic carbocycles. The number of carbonyl (C=O) groups is 1. The number of para-hydroxylation sites is 1. The van der Waals surface area contributed by atoms with Crippen LogP contribution in [0.5, 0.6) is 5.75 Å². The van der Waals surface area contributed by atoms with Crippen LogP contribution in [0.25, 0.3) is 5.69 Å². The number of carbonyl (C=O) groups excluding carboxylic acids is 1. The van der Waals surface area contributed by atoms with E-state index in [0.29, 0.717) is 16.6 Å². The number of hydrogen-bond donors (Lipinski definition) is 1. The van der Waals surface area contributed by atoms with Crippen LogP contribution in [0.3, 0.4) is 0 Å². The van der Waals surface area contributed by atoms with Gasteiger partial charge in [-0.3, -0.25) is 4.79 Å². The van der Waals surface area contributed by atoms with Gasteiger partial charge in [0, 0.05) is 22.1 Å². The highest BCUT2D eigenvalue weighted by Crippen LogP contribution is 2.36. The monoisotopic (exact) mass is 399 g/mol. The maximum Gasteiger partial charge on any atom is 0.266 e. The van der Waals surface area contributed by atoms with E-state index in [1.165, 1.54) is 0 Å². The molecule has 1 aliphatic rings. The molecule has 0 saturated heterocycles. The number of thioether (sulfide) groups is 1. The molecular formula is C20H18ClN3O2S. The standard InChI is InChI=1S/C20H18ClN3O2S/c1-13(26-16-5-3-2-4-6-16)20(25)22-19-17-11-27-12-18(17)23-24(19)15-9-7-14(21)8-10-15/h2-10,13H,11-12H2,1H3,(H,22,25)/t13-/m1/s1. The van der Waals surface area contributed by atoms with Gasteiger partial charge in [-0.15, -0.1) is 0 Å². The minimum Gasteiger partial charge on any atom is -0.481 e. The molecule has 1 aromatic heterocycles. The molecule has 2 aromatic carbocycles. The molecule has 138 valence electrons. The summed E-state index contributed by atoms with van der Waals surface area (Å²) in [6.07, 6.45) is -0.634. The molecule has 0 bridgehead atoms. The first-order valence-electron chi connectivity index (χ1n) is 8.59. The number of rotatable bonds is 5. The molecule has 4 rings (SSSR count). The number of benzene rings is 2. The molecule has 0 unspecified atom stereocenters. The van der Waals surface area contributed by atoms with Crippen molar-refractivity contribution in [2.24, 2.45) is 0 Å². The number of nitrogens with one attached hydrogen (secondary N) is 1. The minimum absolute atomic E-state index is 0.214. The summed E-state index contributed by atoms with van der Waals surface area (Å²) in [4.78, 5) is 12.7. The van der Waals surface area contributed by atoms with Crippen LogP contribution in [-0.2, 0) is 16.3 Å². The third-order valence-electron chi connectivity index (χ3n) is 4.29. The van der Waals surface area contributed by atoms with Gasteiger partial charge in [0.2, 0.25) is 0 Å². The molecule has 1 amide bonds. The summed E-state index contributed by atoms with van der Waals surface area (Å²) >= 11 is 7.79. The molecule has 0 fully saturated rings. The minimum atomic E-state index is -0.634. The predicted octanol–water partition coefficient (Wildman–Crippen LogP) is 4.68. The summed E-state index contributed by atoms with van der Waals surface area (Å²) < 4.78 is 7.51. The second kappa shape index (κ2) is 7.66. The smallest absolute Gasteiger partial charge is 0.266 e. The molecule has 0 spiro atoms. The molecule has 1 N–H and O–H groups in total. The fourth-order valence-corrected chi connectivity index (χ4v) is 4.05. The Balaban J connectivity index is 1.59. The van der Waals surface area contributed by atoms with Crippen molar-refractivity contribution in [3.05, 3.63) is 70.9 Å². The van der Waals surface area contributed by atoms with Crippen molar-refractivity contribution in [3.63, 3.8) is 0 Å². The zero-order chi connectivity index (χ0) is 18.8. The van der Waals surface area contributed by atoms with Gasteiger partial charge in [-0.25, -0.2) is 4.68 Å². The average molecular weight is 400 g/mol. The van der Waals surface area contributed by atoms with E-state index in [1.54, 1.807) is 23.4 Å². The number of aromatic nitrogens is 2. The number of fused-ring (bicyclic) bond motifs is 1. The molecule has 2 heterocycles. The molecule has 5 nitrogen and oxygen atoms in total. The lowest BCUT2D eigenvalue weighted by atomic mass is 10.2. The lowest BCUT2D eigenvalue weighted by Gasteiger charge is -2.16. The van der Waals surface area contributed by atoms with Gasteiger partial charge in [-0.05, 0) is 43.3 Å². The maximum atomic E-state index is 12.7. The number of anilines is 1. The molecule has 27 heavy (non-hydrogen) atoms. The second-order valence-corrected chi connectivity index (χ2v) is 7.64. The third-order valence-corrected chi connectivity index (χ3v) is 5.51. The Kier molecular flexibility index (Phi) is 5.09. The van der Waals surface area contributed by atoms with E-state index in [9.17, 15) is 4.79 Å². The van der Waals surface area contributed by atoms with Crippen LogP contribution >= 0.6 is 23.4 Å². The first-order valence-corrected chi connectivity index (χ1v) is 10.1. The lowest BCUT2D eigenvalue weighted by molar-refractivity contribution is -0.122.